The summed E-state index contributed by atoms with van der Waals surface area (Å²) in [5.41, 5.74) is 0.333. The average Bonchev–Trinajstić information content (AvgIpc) is 2.27. The van der Waals surface area contributed by atoms with Crippen molar-refractivity contribution < 1.29 is 18.0 Å². The highest BCUT2D eigenvalue weighted by Crippen LogP contribution is 2.35. The first kappa shape index (κ1) is 16.3. The molecule has 0 aliphatic heterocycles. The van der Waals surface area contributed by atoms with Crippen LogP contribution in [0.25, 0.3) is 0 Å². The first-order valence-corrected chi connectivity index (χ1v) is 6.70. The van der Waals surface area contributed by atoms with Crippen molar-refractivity contribution in [2.45, 2.75) is 64.7 Å². The Bertz CT molecular complexity index is 306. The van der Waals surface area contributed by atoms with E-state index in [1.165, 1.54) is 0 Å². The Hall–Kier alpha value is -0.780. The van der Waals surface area contributed by atoms with E-state index >= 15 is 0 Å². The van der Waals surface area contributed by atoms with Crippen LogP contribution in [0.15, 0.2) is 0 Å². The second-order valence-corrected chi connectivity index (χ2v) is 6.16. The molecule has 0 aromatic rings. The number of rotatable bonds is 4. The predicted molar refractivity (Wildman–Crippen MR) is 67.7 cm³/mol. The van der Waals surface area contributed by atoms with Gasteiger partial charge in [-0.15, -0.1) is 0 Å². The molecule has 1 amide bonds. The molecule has 1 unspecified atom stereocenters. The third kappa shape index (κ3) is 6.27. The molecule has 1 rings (SSSR count). The summed E-state index contributed by atoms with van der Waals surface area (Å²) in [7, 11) is 0. The fourth-order valence-corrected chi connectivity index (χ4v) is 2.34. The van der Waals surface area contributed by atoms with Crippen LogP contribution in [0.1, 0.15) is 46.5 Å². The van der Waals surface area contributed by atoms with Gasteiger partial charge in [-0.1, -0.05) is 13.8 Å². The van der Waals surface area contributed by atoms with E-state index < -0.39 is 24.7 Å². The Morgan fingerprint density at radius 3 is 2.32 bits per heavy atom. The number of amides is 1. The van der Waals surface area contributed by atoms with Crippen LogP contribution in [-0.2, 0) is 4.79 Å². The lowest BCUT2D eigenvalue weighted by molar-refractivity contribution is -0.139. The van der Waals surface area contributed by atoms with Gasteiger partial charge in [-0.2, -0.15) is 13.2 Å². The zero-order valence-corrected chi connectivity index (χ0v) is 11.7. The molecule has 1 aliphatic carbocycles. The fraction of sp³-hybridized carbons (Fsp3) is 0.923. The Balaban J connectivity index is 2.31. The van der Waals surface area contributed by atoms with E-state index in [1.807, 2.05) is 5.32 Å². The summed E-state index contributed by atoms with van der Waals surface area (Å²) >= 11 is 0. The lowest BCUT2D eigenvalue weighted by atomic mass is 9.75. The highest BCUT2D eigenvalue weighted by atomic mass is 19.4. The van der Waals surface area contributed by atoms with Crippen molar-refractivity contribution in [3.63, 3.8) is 0 Å². The van der Waals surface area contributed by atoms with Gasteiger partial charge in [0, 0.05) is 6.04 Å². The van der Waals surface area contributed by atoms with E-state index in [1.54, 1.807) is 6.92 Å². The summed E-state index contributed by atoms with van der Waals surface area (Å²) in [5.74, 6) is -0.595. The van der Waals surface area contributed by atoms with Crippen LogP contribution in [0, 0.1) is 5.41 Å². The minimum absolute atomic E-state index is 0.222. The summed E-state index contributed by atoms with van der Waals surface area (Å²) in [4.78, 5) is 11.5. The van der Waals surface area contributed by atoms with E-state index in [-0.39, 0.29) is 6.04 Å². The summed E-state index contributed by atoms with van der Waals surface area (Å²) < 4.78 is 36.0. The van der Waals surface area contributed by atoms with Crippen molar-refractivity contribution in [1.29, 1.82) is 0 Å². The Kier molecular flexibility index (Phi) is 5.24. The molecule has 0 aromatic heterocycles. The smallest absolute Gasteiger partial charge is 0.346 e. The molecular weight excluding hydrogens is 257 g/mol. The molecule has 3 nitrogen and oxygen atoms in total. The van der Waals surface area contributed by atoms with Crippen LogP contribution in [0.2, 0.25) is 0 Å². The van der Waals surface area contributed by atoms with Gasteiger partial charge in [0.05, 0.1) is 6.04 Å². The van der Waals surface area contributed by atoms with E-state index in [0.717, 1.165) is 25.7 Å². The van der Waals surface area contributed by atoms with Crippen LogP contribution in [0.4, 0.5) is 13.2 Å². The van der Waals surface area contributed by atoms with Crippen molar-refractivity contribution in [2.24, 2.45) is 5.41 Å². The third-order valence-corrected chi connectivity index (χ3v) is 3.68. The summed E-state index contributed by atoms with van der Waals surface area (Å²) in [5, 5.41) is 5.01. The minimum Gasteiger partial charge on any atom is -0.346 e. The zero-order chi connectivity index (χ0) is 14.7. The van der Waals surface area contributed by atoms with Crippen molar-refractivity contribution in [3.8, 4) is 0 Å². The van der Waals surface area contributed by atoms with Gasteiger partial charge in [0.1, 0.15) is 6.54 Å². The second-order valence-electron chi connectivity index (χ2n) is 6.16. The highest BCUT2D eigenvalue weighted by Gasteiger charge is 2.30. The number of hydrogen-bond acceptors (Lipinski definition) is 2. The number of carbonyl (C=O) groups is 1. The molecule has 6 heteroatoms. The lowest BCUT2D eigenvalue weighted by Crippen LogP contribution is -2.49. The first-order chi connectivity index (χ1) is 8.59. The monoisotopic (exact) mass is 280 g/mol. The minimum atomic E-state index is -4.36. The standard InChI is InChI=1S/C13H23F3N2O/c1-9(11(19)17-8-13(14,15)16)18-10-4-6-12(2,3)7-5-10/h9-10,18H,4-8H2,1-3H3,(H,17,19). The molecule has 0 heterocycles. The number of carbonyl (C=O) groups excluding carboxylic acids is 1. The molecule has 0 radical (unpaired) electrons. The summed E-state index contributed by atoms with van der Waals surface area (Å²) in [6.07, 6.45) is -0.291. The normalized spacial score (nSPS) is 22.0. The summed E-state index contributed by atoms with van der Waals surface area (Å²) in [6.45, 7) is 4.76. The SMILES string of the molecule is CC(NC1CCC(C)(C)CC1)C(=O)NCC(F)(F)F. The maximum Gasteiger partial charge on any atom is 0.405 e. The highest BCUT2D eigenvalue weighted by molar-refractivity contribution is 5.81. The van der Waals surface area contributed by atoms with Crippen molar-refractivity contribution in [2.75, 3.05) is 6.54 Å². The van der Waals surface area contributed by atoms with E-state index in [4.69, 9.17) is 0 Å². The van der Waals surface area contributed by atoms with E-state index in [9.17, 15) is 18.0 Å². The van der Waals surface area contributed by atoms with E-state index in [2.05, 4.69) is 19.2 Å². The Labute approximate surface area is 112 Å². The molecule has 0 aromatic carbocycles. The van der Waals surface area contributed by atoms with Crippen LogP contribution >= 0.6 is 0 Å². The van der Waals surface area contributed by atoms with Crippen LogP contribution in [0.5, 0.6) is 0 Å². The fourth-order valence-electron chi connectivity index (χ4n) is 2.34. The maximum absolute atomic E-state index is 12.0. The predicted octanol–water partition coefficient (Wildman–Crippen LogP) is 2.61. The number of nitrogens with one attached hydrogen (secondary N) is 2. The quantitative estimate of drug-likeness (QED) is 0.831. The number of hydrogen-bond donors (Lipinski definition) is 2. The molecule has 2 N–H and O–H groups in total. The van der Waals surface area contributed by atoms with Gasteiger partial charge in [-0.25, -0.2) is 0 Å². The Morgan fingerprint density at radius 2 is 1.84 bits per heavy atom. The summed E-state index contributed by atoms with van der Waals surface area (Å²) in [6, 6.07) is -0.367. The van der Waals surface area contributed by atoms with Crippen LogP contribution in [0.3, 0.4) is 0 Å². The van der Waals surface area contributed by atoms with Gasteiger partial charge in [-0.3, -0.25) is 4.79 Å². The van der Waals surface area contributed by atoms with Gasteiger partial charge in [-0.05, 0) is 38.0 Å². The molecule has 19 heavy (non-hydrogen) atoms. The van der Waals surface area contributed by atoms with Crippen molar-refractivity contribution >= 4 is 5.91 Å². The number of halogens is 3. The van der Waals surface area contributed by atoms with E-state index in [0.29, 0.717) is 5.41 Å². The third-order valence-electron chi connectivity index (χ3n) is 3.68. The van der Waals surface area contributed by atoms with Crippen molar-refractivity contribution in [1.82, 2.24) is 10.6 Å². The van der Waals surface area contributed by atoms with Crippen LogP contribution < -0.4 is 10.6 Å². The molecule has 1 saturated carbocycles. The van der Waals surface area contributed by atoms with Gasteiger partial charge in [0.15, 0.2) is 0 Å². The molecule has 0 bridgehead atoms. The molecule has 112 valence electrons. The average molecular weight is 280 g/mol. The molecule has 1 fully saturated rings. The topological polar surface area (TPSA) is 41.1 Å². The maximum atomic E-state index is 12.0. The molecule has 0 spiro atoms. The first-order valence-electron chi connectivity index (χ1n) is 6.70. The van der Waals surface area contributed by atoms with Crippen molar-refractivity contribution in [3.05, 3.63) is 0 Å². The van der Waals surface area contributed by atoms with Gasteiger partial charge < -0.3 is 10.6 Å². The van der Waals surface area contributed by atoms with Crippen LogP contribution in [-0.4, -0.2) is 30.7 Å². The Morgan fingerprint density at radius 1 is 1.32 bits per heavy atom. The lowest BCUT2D eigenvalue weighted by Gasteiger charge is -2.35. The second kappa shape index (κ2) is 6.11. The molecule has 1 atom stereocenters. The number of alkyl halides is 3. The van der Waals surface area contributed by atoms with Gasteiger partial charge in [0.25, 0.3) is 0 Å². The molecular formula is C13H23F3N2O. The largest absolute Gasteiger partial charge is 0.405 e. The molecule has 1 aliphatic rings. The van der Waals surface area contributed by atoms with Gasteiger partial charge in [0.2, 0.25) is 5.91 Å². The van der Waals surface area contributed by atoms with Gasteiger partial charge >= 0.3 is 6.18 Å². The zero-order valence-electron chi connectivity index (χ0n) is 11.7. The molecule has 0 saturated heterocycles.